The van der Waals surface area contributed by atoms with E-state index < -0.39 is 24.0 Å². The van der Waals surface area contributed by atoms with Gasteiger partial charge in [-0.05, 0) is 56.8 Å². The fourth-order valence-corrected chi connectivity index (χ4v) is 5.64. The summed E-state index contributed by atoms with van der Waals surface area (Å²) in [6.07, 6.45) is 19.7. The maximum atomic E-state index is 10.6. The van der Waals surface area contributed by atoms with E-state index in [1.807, 2.05) is 0 Å². The fourth-order valence-electron chi connectivity index (χ4n) is 5.64. The zero-order valence-electron chi connectivity index (χ0n) is 21.5. The predicted molar refractivity (Wildman–Crippen MR) is 135 cm³/mol. The molecule has 0 aromatic heterocycles. The van der Waals surface area contributed by atoms with E-state index in [9.17, 15) is 15.0 Å². The summed E-state index contributed by atoms with van der Waals surface area (Å²) >= 11 is 0. The molecule has 3 N–H and O–H groups in total. The Bertz CT molecular complexity index is 571. The van der Waals surface area contributed by atoms with E-state index >= 15 is 0 Å². The second kappa shape index (κ2) is 16.7. The molecule has 0 bridgehead atoms. The number of aliphatic hydroxyl groups excluding tert-OH is 2. The Labute approximate surface area is 207 Å². The Morgan fingerprint density at radius 2 is 1.50 bits per heavy atom. The molecule has 2 fully saturated rings. The summed E-state index contributed by atoms with van der Waals surface area (Å²) in [5, 5.41) is 29.9. The zero-order chi connectivity index (χ0) is 24.7. The van der Waals surface area contributed by atoms with Crippen molar-refractivity contribution in [2.75, 3.05) is 13.2 Å². The van der Waals surface area contributed by atoms with Gasteiger partial charge in [0.1, 0.15) is 0 Å². The lowest BCUT2D eigenvalue weighted by molar-refractivity contribution is -0.171. The Morgan fingerprint density at radius 3 is 2.24 bits per heavy atom. The van der Waals surface area contributed by atoms with E-state index in [0.29, 0.717) is 19.6 Å². The van der Waals surface area contributed by atoms with E-state index in [1.165, 1.54) is 25.7 Å². The number of hydrogen-bond donors (Lipinski definition) is 3. The standard InChI is InChI=1S/C28H50O6/c1-2-3-4-11-14-18-28(33-20-21-34-28)19-17-24-23(25(29)22-26(24)30)15-12-9-7-5-6-8-10-13-16-27(31)32/h9,12,23-26,29-30H,2-8,10-11,13-22H2,1H3,(H,31,32)/b12-9+. The molecule has 6 heteroatoms. The summed E-state index contributed by atoms with van der Waals surface area (Å²) in [6.45, 7) is 3.53. The van der Waals surface area contributed by atoms with Gasteiger partial charge in [-0.2, -0.15) is 0 Å². The Hall–Kier alpha value is -0.950. The van der Waals surface area contributed by atoms with Crippen molar-refractivity contribution in [1.29, 1.82) is 0 Å². The molecule has 0 aromatic rings. The Balaban J connectivity index is 1.70. The molecule has 1 aliphatic heterocycles. The first kappa shape index (κ1) is 29.3. The van der Waals surface area contributed by atoms with Crippen LogP contribution in [0.15, 0.2) is 12.2 Å². The van der Waals surface area contributed by atoms with Gasteiger partial charge in [0, 0.05) is 19.3 Å². The highest BCUT2D eigenvalue weighted by atomic mass is 16.7. The van der Waals surface area contributed by atoms with Crippen molar-refractivity contribution in [1.82, 2.24) is 0 Å². The molecule has 198 valence electrons. The Morgan fingerprint density at radius 1 is 0.853 bits per heavy atom. The summed E-state index contributed by atoms with van der Waals surface area (Å²) in [6, 6.07) is 0. The lowest BCUT2D eigenvalue weighted by Gasteiger charge is -2.31. The van der Waals surface area contributed by atoms with Gasteiger partial charge in [-0.15, -0.1) is 0 Å². The molecule has 0 radical (unpaired) electrons. The topological polar surface area (TPSA) is 96.2 Å². The van der Waals surface area contributed by atoms with Crippen LogP contribution in [-0.4, -0.2) is 52.5 Å². The number of unbranched alkanes of at least 4 members (excludes halogenated alkanes) is 9. The molecule has 1 aliphatic carbocycles. The molecule has 34 heavy (non-hydrogen) atoms. The van der Waals surface area contributed by atoms with Gasteiger partial charge in [-0.25, -0.2) is 0 Å². The number of rotatable bonds is 19. The van der Waals surface area contributed by atoms with Crippen molar-refractivity contribution < 1.29 is 29.6 Å². The monoisotopic (exact) mass is 482 g/mol. The largest absolute Gasteiger partial charge is 0.481 e. The third-order valence-electron chi connectivity index (χ3n) is 7.69. The SMILES string of the molecule is CCCCCCCC1(CCC2C(O)CC(O)C2C/C=C/CCCCCCCC(=O)O)OCCO1. The zero-order valence-corrected chi connectivity index (χ0v) is 21.5. The number of allylic oxidation sites excluding steroid dienone is 2. The number of hydrogen-bond acceptors (Lipinski definition) is 5. The predicted octanol–water partition coefficient (Wildman–Crippen LogP) is 5.99. The molecule has 0 spiro atoms. The number of ether oxygens (including phenoxy) is 2. The van der Waals surface area contributed by atoms with Gasteiger partial charge in [0.15, 0.2) is 5.79 Å². The maximum absolute atomic E-state index is 10.6. The van der Waals surface area contributed by atoms with Crippen LogP contribution in [0.25, 0.3) is 0 Å². The minimum atomic E-state index is -0.707. The molecule has 2 rings (SSSR count). The van der Waals surface area contributed by atoms with Crippen LogP contribution in [0.4, 0.5) is 0 Å². The molecule has 0 amide bonds. The summed E-state index contributed by atoms with van der Waals surface area (Å²) in [4.78, 5) is 10.5. The molecule has 2 aliphatic rings. The molecular formula is C28H50O6. The van der Waals surface area contributed by atoms with Crippen LogP contribution in [0, 0.1) is 11.8 Å². The Kier molecular flexibility index (Phi) is 14.4. The summed E-state index contributed by atoms with van der Waals surface area (Å²) in [7, 11) is 0. The lowest BCUT2D eigenvalue weighted by Crippen LogP contribution is -2.33. The molecule has 1 saturated heterocycles. The molecule has 4 unspecified atom stereocenters. The van der Waals surface area contributed by atoms with Crippen molar-refractivity contribution in [3.8, 4) is 0 Å². The van der Waals surface area contributed by atoms with E-state index in [-0.39, 0.29) is 18.3 Å². The van der Waals surface area contributed by atoms with Gasteiger partial charge < -0.3 is 24.8 Å². The van der Waals surface area contributed by atoms with Crippen molar-refractivity contribution >= 4 is 5.97 Å². The molecule has 6 nitrogen and oxygen atoms in total. The van der Waals surface area contributed by atoms with Crippen LogP contribution in [0.5, 0.6) is 0 Å². The number of carboxylic acids is 1. The van der Waals surface area contributed by atoms with E-state index in [2.05, 4.69) is 19.1 Å². The smallest absolute Gasteiger partial charge is 0.303 e. The van der Waals surface area contributed by atoms with Gasteiger partial charge in [-0.3, -0.25) is 4.79 Å². The quantitative estimate of drug-likeness (QED) is 0.155. The van der Waals surface area contributed by atoms with Gasteiger partial charge in [0.05, 0.1) is 25.4 Å². The minimum Gasteiger partial charge on any atom is -0.481 e. The highest BCUT2D eigenvalue weighted by molar-refractivity contribution is 5.66. The average molecular weight is 483 g/mol. The second-order valence-electron chi connectivity index (χ2n) is 10.4. The first-order valence-electron chi connectivity index (χ1n) is 14.0. The fraction of sp³-hybridized carbons (Fsp3) is 0.893. The summed E-state index contributed by atoms with van der Waals surface area (Å²) < 4.78 is 12.1. The maximum Gasteiger partial charge on any atom is 0.303 e. The number of carbonyl (C=O) groups is 1. The second-order valence-corrected chi connectivity index (χ2v) is 10.4. The van der Waals surface area contributed by atoms with Crippen LogP contribution >= 0.6 is 0 Å². The molecule has 1 saturated carbocycles. The van der Waals surface area contributed by atoms with Crippen molar-refractivity contribution in [2.24, 2.45) is 11.8 Å². The highest BCUT2D eigenvalue weighted by Gasteiger charge is 2.43. The summed E-state index contributed by atoms with van der Waals surface area (Å²) in [5.74, 6) is -1.03. The van der Waals surface area contributed by atoms with Crippen LogP contribution in [0.1, 0.15) is 116 Å². The van der Waals surface area contributed by atoms with Crippen molar-refractivity contribution in [3.63, 3.8) is 0 Å². The van der Waals surface area contributed by atoms with Crippen LogP contribution in [-0.2, 0) is 14.3 Å². The third-order valence-corrected chi connectivity index (χ3v) is 7.69. The van der Waals surface area contributed by atoms with Crippen molar-refractivity contribution in [3.05, 3.63) is 12.2 Å². The van der Waals surface area contributed by atoms with Gasteiger partial charge >= 0.3 is 5.97 Å². The third kappa shape index (κ3) is 10.8. The van der Waals surface area contributed by atoms with E-state index in [0.717, 1.165) is 70.6 Å². The molecule has 0 aromatic carbocycles. The van der Waals surface area contributed by atoms with Crippen molar-refractivity contribution in [2.45, 2.75) is 134 Å². The first-order chi connectivity index (χ1) is 16.5. The highest BCUT2D eigenvalue weighted by Crippen LogP contribution is 2.41. The molecule has 1 heterocycles. The van der Waals surface area contributed by atoms with Gasteiger partial charge in [0.25, 0.3) is 0 Å². The van der Waals surface area contributed by atoms with Crippen LogP contribution in [0.2, 0.25) is 0 Å². The van der Waals surface area contributed by atoms with Crippen LogP contribution < -0.4 is 0 Å². The average Bonchev–Trinajstić information content (AvgIpc) is 3.37. The summed E-state index contributed by atoms with van der Waals surface area (Å²) in [5.41, 5.74) is 0. The van der Waals surface area contributed by atoms with E-state index in [1.54, 1.807) is 0 Å². The van der Waals surface area contributed by atoms with E-state index in [4.69, 9.17) is 14.6 Å². The normalized spacial score (nSPS) is 26.6. The first-order valence-corrected chi connectivity index (χ1v) is 14.0. The van der Waals surface area contributed by atoms with Crippen LogP contribution in [0.3, 0.4) is 0 Å². The number of carboxylic acid groups (broad SMARTS) is 1. The van der Waals surface area contributed by atoms with Gasteiger partial charge in [0.2, 0.25) is 0 Å². The number of aliphatic carboxylic acids is 1. The number of aliphatic hydroxyl groups is 2. The lowest BCUT2D eigenvalue weighted by atomic mass is 9.85. The minimum absolute atomic E-state index is 0.0821. The molecular weight excluding hydrogens is 432 g/mol. The molecule has 4 atom stereocenters. The van der Waals surface area contributed by atoms with Gasteiger partial charge in [-0.1, -0.05) is 64.0 Å².